The summed E-state index contributed by atoms with van der Waals surface area (Å²) in [5.41, 5.74) is -0.897. The first-order chi connectivity index (χ1) is 7.72. The highest BCUT2D eigenvalue weighted by Crippen LogP contribution is 2.31. The number of aliphatic hydroxyl groups is 1. The Balaban J connectivity index is 2.35. The molecule has 1 atom stereocenters. The lowest BCUT2D eigenvalue weighted by molar-refractivity contribution is 0.0762. The lowest BCUT2D eigenvalue weighted by Crippen LogP contribution is -2.34. The molecule has 2 rings (SSSR count). The first kappa shape index (κ1) is 13.0. The molecule has 0 radical (unpaired) electrons. The molecule has 0 aromatic carbocycles. The van der Waals surface area contributed by atoms with Gasteiger partial charge < -0.3 is 5.11 Å². The molecule has 1 aromatic heterocycles. The molecule has 0 saturated carbocycles. The molecule has 1 aliphatic rings. The highest BCUT2D eigenvalue weighted by atomic mass is 32.2. The molecule has 2 heterocycles. The molecule has 1 N–H and O–H groups in total. The van der Waals surface area contributed by atoms with Gasteiger partial charge in [-0.05, 0) is 33.3 Å². The summed E-state index contributed by atoms with van der Waals surface area (Å²) in [4.78, 5) is 2.19. The van der Waals surface area contributed by atoms with E-state index >= 15 is 0 Å². The van der Waals surface area contributed by atoms with Crippen molar-refractivity contribution in [3.63, 3.8) is 0 Å². The Labute approximate surface area is 106 Å². The van der Waals surface area contributed by atoms with Crippen LogP contribution in [0.3, 0.4) is 0 Å². The first-order valence-electron chi connectivity index (χ1n) is 5.52. The maximum absolute atomic E-state index is 12.4. The van der Waals surface area contributed by atoms with Gasteiger partial charge in [-0.2, -0.15) is 4.31 Å². The predicted octanol–water partition coefficient (Wildman–Crippen LogP) is 1.51. The molecule has 0 bridgehead atoms. The minimum Gasteiger partial charge on any atom is -0.389 e. The van der Waals surface area contributed by atoms with E-state index in [1.165, 1.54) is 15.6 Å². The van der Waals surface area contributed by atoms with E-state index in [2.05, 4.69) is 0 Å². The van der Waals surface area contributed by atoms with E-state index in [0.717, 1.165) is 9.75 Å². The van der Waals surface area contributed by atoms with E-state index in [-0.39, 0.29) is 6.54 Å². The molecule has 1 saturated heterocycles. The lowest BCUT2D eigenvalue weighted by Gasteiger charge is -2.18. The number of aryl methyl sites for hydroxylation is 2. The van der Waals surface area contributed by atoms with Crippen LogP contribution >= 0.6 is 11.3 Å². The summed E-state index contributed by atoms with van der Waals surface area (Å²) < 4.78 is 26.1. The zero-order valence-electron chi connectivity index (χ0n) is 10.2. The van der Waals surface area contributed by atoms with Crippen LogP contribution in [0.5, 0.6) is 0 Å². The van der Waals surface area contributed by atoms with Crippen molar-refractivity contribution in [3.8, 4) is 0 Å². The van der Waals surface area contributed by atoms with Gasteiger partial charge in [0.25, 0.3) is 0 Å². The van der Waals surface area contributed by atoms with Crippen LogP contribution in [0.25, 0.3) is 0 Å². The Kier molecular flexibility index (Phi) is 3.10. The van der Waals surface area contributed by atoms with E-state index in [0.29, 0.717) is 17.9 Å². The summed E-state index contributed by atoms with van der Waals surface area (Å²) in [5.74, 6) is 0. The fourth-order valence-corrected chi connectivity index (χ4v) is 5.19. The van der Waals surface area contributed by atoms with Crippen LogP contribution in [0.2, 0.25) is 0 Å². The Morgan fingerprint density at radius 1 is 1.47 bits per heavy atom. The van der Waals surface area contributed by atoms with Gasteiger partial charge in [-0.3, -0.25) is 0 Å². The standard InChI is InChI=1S/C11H17NO3S2/c1-8-6-10(9(2)16-8)17(14,15)12-5-4-11(3,13)7-12/h6,13H,4-5,7H2,1-3H3. The Morgan fingerprint density at radius 2 is 2.12 bits per heavy atom. The maximum atomic E-state index is 12.4. The predicted molar refractivity (Wildman–Crippen MR) is 67.8 cm³/mol. The number of β-amino-alcohol motifs (C(OH)–C–C–N with tert-alkyl or cyclic N) is 1. The number of hydrogen-bond donors (Lipinski definition) is 1. The molecule has 1 aromatic rings. The van der Waals surface area contributed by atoms with Gasteiger partial charge in [0.05, 0.1) is 10.5 Å². The van der Waals surface area contributed by atoms with Crippen LogP contribution in [-0.4, -0.2) is 36.5 Å². The zero-order chi connectivity index (χ0) is 12.8. The van der Waals surface area contributed by atoms with Crippen molar-refractivity contribution in [2.45, 2.75) is 37.7 Å². The molecule has 0 aliphatic carbocycles. The number of thiophene rings is 1. The van der Waals surface area contributed by atoms with Crippen LogP contribution < -0.4 is 0 Å². The fourth-order valence-electron chi connectivity index (χ4n) is 2.11. The molecule has 17 heavy (non-hydrogen) atoms. The van der Waals surface area contributed by atoms with E-state index in [4.69, 9.17) is 0 Å². The van der Waals surface area contributed by atoms with Crippen molar-refractivity contribution in [3.05, 3.63) is 15.8 Å². The van der Waals surface area contributed by atoms with E-state index < -0.39 is 15.6 Å². The number of rotatable bonds is 2. The second-order valence-corrected chi connectivity index (χ2v) is 8.23. The first-order valence-corrected chi connectivity index (χ1v) is 7.78. The molecular formula is C11H17NO3S2. The van der Waals surface area contributed by atoms with Crippen LogP contribution in [0, 0.1) is 13.8 Å². The van der Waals surface area contributed by atoms with Crippen LogP contribution in [0.4, 0.5) is 0 Å². The third kappa shape index (κ3) is 2.40. The molecule has 1 aliphatic heterocycles. The van der Waals surface area contributed by atoms with Crippen molar-refractivity contribution in [2.24, 2.45) is 0 Å². The summed E-state index contributed by atoms with van der Waals surface area (Å²) in [6, 6.07) is 1.71. The van der Waals surface area contributed by atoms with Crippen molar-refractivity contribution >= 4 is 21.4 Å². The second kappa shape index (κ2) is 4.05. The van der Waals surface area contributed by atoms with Gasteiger partial charge in [-0.15, -0.1) is 11.3 Å². The number of nitrogens with zero attached hydrogens (tertiary/aromatic N) is 1. The Morgan fingerprint density at radius 3 is 2.53 bits per heavy atom. The Bertz CT molecular complexity index is 531. The third-order valence-electron chi connectivity index (χ3n) is 3.03. The summed E-state index contributed by atoms with van der Waals surface area (Å²) >= 11 is 1.49. The van der Waals surface area contributed by atoms with Gasteiger partial charge in [0, 0.05) is 22.8 Å². The van der Waals surface area contributed by atoms with Crippen molar-refractivity contribution in [2.75, 3.05) is 13.1 Å². The molecular weight excluding hydrogens is 258 g/mol. The van der Waals surface area contributed by atoms with Crippen molar-refractivity contribution in [1.82, 2.24) is 4.31 Å². The van der Waals surface area contributed by atoms with Gasteiger partial charge >= 0.3 is 0 Å². The average Bonchev–Trinajstić information content (AvgIpc) is 2.69. The van der Waals surface area contributed by atoms with Crippen LogP contribution in [0.15, 0.2) is 11.0 Å². The van der Waals surface area contributed by atoms with Gasteiger partial charge in [-0.1, -0.05) is 0 Å². The molecule has 0 spiro atoms. The summed E-state index contributed by atoms with van der Waals surface area (Å²) in [7, 11) is -3.44. The van der Waals surface area contributed by atoms with E-state index in [1.54, 1.807) is 13.0 Å². The van der Waals surface area contributed by atoms with Crippen LogP contribution in [0.1, 0.15) is 23.1 Å². The lowest BCUT2D eigenvalue weighted by atomic mass is 10.1. The molecule has 1 unspecified atom stereocenters. The minimum absolute atomic E-state index is 0.184. The average molecular weight is 275 g/mol. The Hall–Kier alpha value is -0.430. The highest BCUT2D eigenvalue weighted by Gasteiger charge is 2.39. The topological polar surface area (TPSA) is 57.6 Å². The van der Waals surface area contributed by atoms with Crippen molar-refractivity contribution in [1.29, 1.82) is 0 Å². The normalized spacial score (nSPS) is 26.6. The molecule has 6 heteroatoms. The summed E-state index contributed by atoms with van der Waals surface area (Å²) in [5, 5.41) is 9.85. The SMILES string of the molecule is Cc1cc(S(=O)(=O)N2CCC(C)(O)C2)c(C)s1. The van der Waals surface area contributed by atoms with Crippen LogP contribution in [-0.2, 0) is 10.0 Å². The van der Waals surface area contributed by atoms with Gasteiger partial charge in [0.2, 0.25) is 10.0 Å². The summed E-state index contributed by atoms with van der Waals surface area (Å²) in [6.07, 6.45) is 0.494. The van der Waals surface area contributed by atoms with E-state index in [1.807, 2.05) is 13.8 Å². The molecule has 96 valence electrons. The number of hydrogen-bond acceptors (Lipinski definition) is 4. The molecule has 1 fully saturated rings. The second-order valence-electron chi connectivity index (χ2n) is 4.86. The molecule has 0 amide bonds. The molecule has 4 nitrogen and oxygen atoms in total. The maximum Gasteiger partial charge on any atom is 0.244 e. The fraction of sp³-hybridized carbons (Fsp3) is 0.636. The monoisotopic (exact) mass is 275 g/mol. The minimum atomic E-state index is -3.44. The van der Waals surface area contributed by atoms with Gasteiger partial charge in [0.1, 0.15) is 0 Å². The third-order valence-corrected chi connectivity index (χ3v) is 6.10. The van der Waals surface area contributed by atoms with E-state index in [9.17, 15) is 13.5 Å². The smallest absolute Gasteiger partial charge is 0.244 e. The number of sulfonamides is 1. The zero-order valence-corrected chi connectivity index (χ0v) is 11.9. The van der Waals surface area contributed by atoms with Gasteiger partial charge in [-0.25, -0.2) is 8.42 Å². The highest BCUT2D eigenvalue weighted by molar-refractivity contribution is 7.89. The quantitative estimate of drug-likeness (QED) is 0.890. The van der Waals surface area contributed by atoms with Crippen molar-refractivity contribution < 1.29 is 13.5 Å². The van der Waals surface area contributed by atoms with Gasteiger partial charge in [0.15, 0.2) is 0 Å². The largest absolute Gasteiger partial charge is 0.389 e. The summed E-state index contributed by atoms with van der Waals surface area (Å²) in [6.45, 7) is 5.97.